The van der Waals surface area contributed by atoms with Crippen molar-refractivity contribution in [1.82, 2.24) is 18.7 Å². The minimum Gasteiger partial charge on any atom is -0.340 e. The van der Waals surface area contributed by atoms with Gasteiger partial charge in [-0.25, -0.2) is 9.78 Å². The molecule has 0 fully saturated rings. The van der Waals surface area contributed by atoms with Crippen LogP contribution in [0.4, 0.5) is 0 Å². The molecule has 0 radical (unpaired) electrons. The van der Waals surface area contributed by atoms with Crippen molar-refractivity contribution in [3.8, 4) is 11.3 Å². The molecule has 154 valence electrons. The smallest absolute Gasteiger partial charge is 0.331 e. The lowest BCUT2D eigenvalue weighted by Crippen LogP contribution is -2.37. The van der Waals surface area contributed by atoms with Crippen molar-refractivity contribution in [3.05, 3.63) is 72.9 Å². The molecule has 5 rings (SSSR count). The molecule has 4 heterocycles. The van der Waals surface area contributed by atoms with Gasteiger partial charge in [-0.3, -0.25) is 13.9 Å². The third-order valence-electron chi connectivity index (χ3n) is 5.67. The molecule has 2 atom stereocenters. The second kappa shape index (κ2) is 6.99. The van der Waals surface area contributed by atoms with Crippen LogP contribution in [-0.4, -0.2) is 23.9 Å². The van der Waals surface area contributed by atoms with Crippen LogP contribution in [0.5, 0.6) is 0 Å². The average molecular weight is 439 g/mol. The van der Waals surface area contributed by atoms with Crippen molar-refractivity contribution in [3.63, 3.8) is 0 Å². The van der Waals surface area contributed by atoms with Crippen LogP contribution in [0, 0.1) is 6.92 Å². The number of nitrogens with zero attached hydrogens (tertiary/aromatic N) is 4. The van der Waals surface area contributed by atoms with E-state index in [0.29, 0.717) is 10.6 Å². The van der Waals surface area contributed by atoms with Crippen molar-refractivity contribution in [2.24, 2.45) is 14.1 Å². The Morgan fingerprint density at radius 3 is 2.50 bits per heavy atom. The minimum absolute atomic E-state index is 0.0230. The van der Waals surface area contributed by atoms with Crippen molar-refractivity contribution in [2.75, 3.05) is 0 Å². The maximum Gasteiger partial charge on any atom is 0.331 e. The van der Waals surface area contributed by atoms with Gasteiger partial charge in [-0.05, 0) is 12.5 Å². The molecule has 0 amide bonds. The first-order valence-corrected chi connectivity index (χ1v) is 11.7. The Bertz CT molecular complexity index is 1390. The van der Waals surface area contributed by atoms with Crippen LogP contribution in [0.15, 0.2) is 45.3 Å². The number of thioether (sulfide) groups is 1. The molecule has 0 saturated carbocycles. The van der Waals surface area contributed by atoms with Crippen LogP contribution in [0.2, 0.25) is 0 Å². The Balaban J connectivity index is 1.98. The van der Waals surface area contributed by atoms with Gasteiger partial charge in [0.2, 0.25) is 0 Å². The largest absolute Gasteiger partial charge is 0.340 e. The first-order chi connectivity index (χ1) is 14.4. The molecule has 0 N–H and O–H groups in total. The molecule has 0 bridgehead atoms. The van der Waals surface area contributed by atoms with Crippen molar-refractivity contribution in [2.45, 2.75) is 30.9 Å². The lowest BCUT2D eigenvalue weighted by molar-refractivity contribution is 0.648. The van der Waals surface area contributed by atoms with Crippen LogP contribution in [-0.2, 0) is 20.6 Å². The highest BCUT2D eigenvalue weighted by Gasteiger charge is 2.36. The fourth-order valence-electron chi connectivity index (χ4n) is 4.36. The first-order valence-electron chi connectivity index (χ1n) is 9.83. The predicted octanol–water partition coefficient (Wildman–Crippen LogP) is 3.70. The highest BCUT2D eigenvalue weighted by Crippen LogP contribution is 2.48. The van der Waals surface area contributed by atoms with Gasteiger partial charge in [0.15, 0.2) is 0 Å². The molecular formula is C22H22N4O2S2. The van der Waals surface area contributed by atoms with Crippen molar-refractivity contribution in [1.29, 1.82) is 0 Å². The van der Waals surface area contributed by atoms with E-state index < -0.39 is 0 Å². The van der Waals surface area contributed by atoms with Crippen LogP contribution in [0.25, 0.3) is 22.2 Å². The molecule has 3 aromatic heterocycles. The molecular weight excluding hydrogens is 416 g/mol. The highest BCUT2D eigenvalue weighted by atomic mass is 32.2. The zero-order valence-corrected chi connectivity index (χ0v) is 18.9. The van der Waals surface area contributed by atoms with Crippen molar-refractivity contribution >= 4 is 34.0 Å². The summed E-state index contributed by atoms with van der Waals surface area (Å²) in [5.41, 5.74) is 4.03. The molecule has 0 aliphatic carbocycles. The molecule has 4 aromatic rings. The van der Waals surface area contributed by atoms with Gasteiger partial charge in [-0.15, -0.1) is 23.1 Å². The van der Waals surface area contributed by atoms with Gasteiger partial charge in [-0.1, -0.05) is 37.3 Å². The number of hydrogen-bond acceptors (Lipinski definition) is 5. The maximum absolute atomic E-state index is 13.4. The van der Waals surface area contributed by atoms with Crippen LogP contribution < -0.4 is 11.2 Å². The SMILES string of the molecule is Cc1csc(C2S[C@@H](C)Cn3c(-c4ccccc4)c4c(=O)n(C)c(=O)n(C)c4c32)n1. The first kappa shape index (κ1) is 19.4. The fourth-order valence-corrected chi connectivity index (χ4v) is 6.70. The number of fused-ring (bicyclic) bond motifs is 3. The topological polar surface area (TPSA) is 61.8 Å². The molecule has 6 nitrogen and oxygen atoms in total. The van der Waals surface area contributed by atoms with E-state index in [0.717, 1.165) is 39.7 Å². The Labute approximate surface area is 181 Å². The van der Waals surface area contributed by atoms with Crippen LogP contribution in [0.3, 0.4) is 0 Å². The Kier molecular flexibility index (Phi) is 4.52. The van der Waals surface area contributed by atoms with Gasteiger partial charge in [0, 0.05) is 37.0 Å². The Morgan fingerprint density at radius 2 is 1.83 bits per heavy atom. The fraction of sp³-hybridized carbons (Fsp3) is 0.318. The summed E-state index contributed by atoms with van der Waals surface area (Å²) in [4.78, 5) is 31.0. The van der Waals surface area contributed by atoms with E-state index in [4.69, 9.17) is 4.98 Å². The van der Waals surface area contributed by atoms with Crippen LogP contribution >= 0.6 is 23.1 Å². The monoisotopic (exact) mass is 438 g/mol. The lowest BCUT2D eigenvalue weighted by atomic mass is 10.1. The average Bonchev–Trinajstić information content (AvgIpc) is 3.32. The number of hydrogen-bond donors (Lipinski definition) is 0. The van der Waals surface area contributed by atoms with Gasteiger partial charge in [0.1, 0.15) is 5.01 Å². The summed E-state index contributed by atoms with van der Waals surface area (Å²) in [6, 6.07) is 9.99. The third-order valence-corrected chi connectivity index (χ3v) is 8.18. The van der Waals surface area contributed by atoms with Gasteiger partial charge in [0.25, 0.3) is 5.56 Å². The second-order valence-corrected chi connectivity index (χ2v) is 10.2. The molecule has 0 saturated heterocycles. The van der Waals surface area contributed by atoms with E-state index >= 15 is 0 Å². The van der Waals surface area contributed by atoms with E-state index in [-0.39, 0.29) is 16.5 Å². The molecule has 1 unspecified atom stereocenters. The second-order valence-electron chi connectivity index (χ2n) is 7.79. The molecule has 30 heavy (non-hydrogen) atoms. The Hall–Kier alpha value is -2.58. The number of rotatable bonds is 2. The van der Waals surface area contributed by atoms with E-state index in [9.17, 15) is 9.59 Å². The zero-order chi connectivity index (χ0) is 21.2. The lowest BCUT2D eigenvalue weighted by Gasteiger charge is -2.29. The van der Waals surface area contributed by atoms with Gasteiger partial charge >= 0.3 is 5.69 Å². The van der Waals surface area contributed by atoms with Crippen LogP contribution in [0.1, 0.15) is 28.6 Å². The molecule has 8 heteroatoms. The quantitative estimate of drug-likeness (QED) is 0.479. The predicted molar refractivity (Wildman–Crippen MR) is 124 cm³/mol. The summed E-state index contributed by atoms with van der Waals surface area (Å²) in [5, 5.41) is 3.99. The zero-order valence-electron chi connectivity index (χ0n) is 17.2. The van der Waals surface area contributed by atoms with E-state index in [1.54, 1.807) is 30.0 Å². The minimum atomic E-state index is -0.307. The number of benzene rings is 1. The molecule has 0 spiro atoms. The summed E-state index contributed by atoms with van der Waals surface area (Å²) in [7, 11) is 3.31. The summed E-state index contributed by atoms with van der Waals surface area (Å²) >= 11 is 3.48. The summed E-state index contributed by atoms with van der Waals surface area (Å²) < 4.78 is 5.09. The summed E-state index contributed by atoms with van der Waals surface area (Å²) in [5.74, 6) is 0. The number of thiazole rings is 1. The standard InChI is InChI=1S/C22H22N4O2S2/c1-12-11-29-20(23-12)19-18-17-15(21(27)25(4)22(28)24(17)3)16(14-8-6-5-7-9-14)26(18)10-13(2)30-19/h5-9,11,13,19H,10H2,1-4H3/t13-,19?/m0/s1. The summed E-state index contributed by atoms with van der Waals surface area (Å²) in [6.07, 6.45) is 0. The normalized spacial score (nSPS) is 18.7. The van der Waals surface area contributed by atoms with E-state index in [1.165, 1.54) is 4.57 Å². The third kappa shape index (κ3) is 2.74. The Morgan fingerprint density at radius 1 is 1.10 bits per heavy atom. The summed E-state index contributed by atoms with van der Waals surface area (Å²) in [6.45, 7) is 4.98. The molecule has 1 aliphatic rings. The van der Waals surface area contributed by atoms with E-state index in [2.05, 4.69) is 16.9 Å². The maximum atomic E-state index is 13.4. The molecule has 1 aromatic carbocycles. The van der Waals surface area contributed by atoms with Gasteiger partial charge in [-0.2, -0.15) is 0 Å². The van der Waals surface area contributed by atoms with Gasteiger partial charge < -0.3 is 4.57 Å². The van der Waals surface area contributed by atoms with Crippen molar-refractivity contribution < 1.29 is 0 Å². The van der Waals surface area contributed by atoms with Gasteiger partial charge in [0.05, 0.1) is 27.5 Å². The highest BCUT2D eigenvalue weighted by molar-refractivity contribution is 8.00. The number of aryl methyl sites for hydroxylation is 2. The molecule has 1 aliphatic heterocycles. The number of aromatic nitrogens is 4. The van der Waals surface area contributed by atoms with E-state index in [1.807, 2.05) is 49.0 Å².